The molecule has 0 aliphatic carbocycles. The Kier molecular flexibility index (Phi) is 4.37. The van der Waals surface area contributed by atoms with Crippen LogP contribution in [0.1, 0.15) is 10.5 Å². The zero-order valence-corrected chi connectivity index (χ0v) is 12.7. The molecule has 0 atom stereocenters. The van der Waals surface area contributed by atoms with Crippen molar-refractivity contribution < 1.29 is 14.0 Å². The standard InChI is InChI=1S/C16H15FN4O3/c17-12-3-1-11(2-4-12)13-9-14(19-16(24)18-13)15(23)21-7-5-20(10-22)6-8-21/h1-4,9-10H,5-8H2,(H,18,19,24). The highest BCUT2D eigenvalue weighted by Gasteiger charge is 2.22. The Hall–Kier alpha value is -3.03. The molecule has 0 radical (unpaired) electrons. The lowest BCUT2D eigenvalue weighted by atomic mass is 10.1. The van der Waals surface area contributed by atoms with Gasteiger partial charge in [0.2, 0.25) is 6.41 Å². The van der Waals surface area contributed by atoms with Gasteiger partial charge in [-0.2, -0.15) is 4.98 Å². The minimum absolute atomic E-state index is 0.119. The molecule has 1 aromatic heterocycles. The second kappa shape index (κ2) is 6.61. The number of H-pyrrole nitrogens is 1. The molecule has 3 rings (SSSR count). The van der Waals surface area contributed by atoms with Gasteiger partial charge in [-0.05, 0) is 30.3 Å². The van der Waals surface area contributed by atoms with Crippen molar-refractivity contribution >= 4 is 12.3 Å². The van der Waals surface area contributed by atoms with Gasteiger partial charge in [-0.15, -0.1) is 0 Å². The second-order valence-corrected chi connectivity index (χ2v) is 5.43. The van der Waals surface area contributed by atoms with E-state index >= 15 is 0 Å². The summed E-state index contributed by atoms with van der Waals surface area (Å²) in [6.07, 6.45) is 0.753. The number of nitrogens with one attached hydrogen (secondary N) is 1. The molecule has 7 nitrogen and oxygen atoms in total. The van der Waals surface area contributed by atoms with E-state index in [0.29, 0.717) is 37.4 Å². The van der Waals surface area contributed by atoms with Crippen molar-refractivity contribution in [3.8, 4) is 11.3 Å². The second-order valence-electron chi connectivity index (χ2n) is 5.43. The van der Waals surface area contributed by atoms with E-state index in [-0.39, 0.29) is 11.6 Å². The van der Waals surface area contributed by atoms with E-state index in [1.165, 1.54) is 30.3 Å². The lowest BCUT2D eigenvalue weighted by Gasteiger charge is -2.32. The molecular formula is C16H15FN4O3. The van der Waals surface area contributed by atoms with Gasteiger partial charge in [0.25, 0.3) is 5.91 Å². The Balaban J connectivity index is 1.86. The molecule has 1 aromatic carbocycles. The maximum atomic E-state index is 13.0. The fourth-order valence-electron chi connectivity index (χ4n) is 2.54. The topological polar surface area (TPSA) is 86.4 Å². The summed E-state index contributed by atoms with van der Waals surface area (Å²) in [5.41, 5.74) is 0.316. The number of aromatic nitrogens is 2. The molecule has 124 valence electrons. The number of carbonyl (C=O) groups is 2. The van der Waals surface area contributed by atoms with Crippen molar-refractivity contribution in [2.75, 3.05) is 26.2 Å². The van der Waals surface area contributed by atoms with Gasteiger partial charge in [-0.1, -0.05) is 0 Å². The third-order valence-electron chi connectivity index (χ3n) is 3.87. The molecule has 1 saturated heterocycles. The van der Waals surface area contributed by atoms with Gasteiger partial charge in [-0.25, -0.2) is 9.18 Å². The number of piperazine rings is 1. The minimum Gasteiger partial charge on any atom is -0.342 e. The first-order valence-electron chi connectivity index (χ1n) is 7.43. The van der Waals surface area contributed by atoms with Gasteiger partial charge in [0.15, 0.2) is 0 Å². The third kappa shape index (κ3) is 3.32. The van der Waals surface area contributed by atoms with Crippen LogP contribution in [-0.4, -0.2) is 58.3 Å². The molecule has 2 amide bonds. The first-order valence-corrected chi connectivity index (χ1v) is 7.43. The predicted molar refractivity (Wildman–Crippen MR) is 83.8 cm³/mol. The van der Waals surface area contributed by atoms with Crippen molar-refractivity contribution in [3.05, 3.63) is 52.3 Å². The quantitative estimate of drug-likeness (QED) is 0.830. The molecule has 1 fully saturated rings. The van der Waals surface area contributed by atoms with E-state index < -0.39 is 11.5 Å². The Morgan fingerprint density at radius 2 is 1.83 bits per heavy atom. The molecule has 24 heavy (non-hydrogen) atoms. The largest absolute Gasteiger partial charge is 0.346 e. The van der Waals surface area contributed by atoms with Gasteiger partial charge in [-0.3, -0.25) is 9.59 Å². The number of amides is 2. The Bertz CT molecular complexity index is 811. The monoisotopic (exact) mass is 330 g/mol. The number of carbonyl (C=O) groups excluding carboxylic acids is 2. The predicted octanol–water partition coefficient (Wildman–Crippen LogP) is 0.490. The summed E-state index contributed by atoms with van der Waals surface area (Å²) < 4.78 is 13.0. The molecule has 1 N–H and O–H groups in total. The van der Waals surface area contributed by atoms with Crippen LogP contribution >= 0.6 is 0 Å². The normalized spacial score (nSPS) is 14.5. The fraction of sp³-hybridized carbons (Fsp3) is 0.250. The van der Waals surface area contributed by atoms with Gasteiger partial charge in [0, 0.05) is 31.7 Å². The van der Waals surface area contributed by atoms with Crippen LogP contribution in [-0.2, 0) is 4.79 Å². The van der Waals surface area contributed by atoms with Crippen LogP contribution in [0.2, 0.25) is 0 Å². The zero-order valence-electron chi connectivity index (χ0n) is 12.7. The van der Waals surface area contributed by atoms with Crippen LogP contribution in [0.25, 0.3) is 11.3 Å². The molecule has 0 saturated carbocycles. The Labute approximate surface area is 136 Å². The lowest BCUT2D eigenvalue weighted by molar-refractivity contribution is -0.119. The van der Waals surface area contributed by atoms with Crippen LogP contribution in [0.4, 0.5) is 4.39 Å². The van der Waals surface area contributed by atoms with E-state index in [4.69, 9.17) is 0 Å². The van der Waals surface area contributed by atoms with E-state index in [0.717, 1.165) is 6.41 Å². The van der Waals surface area contributed by atoms with Crippen molar-refractivity contribution in [2.45, 2.75) is 0 Å². The Morgan fingerprint density at radius 1 is 1.17 bits per heavy atom. The summed E-state index contributed by atoms with van der Waals surface area (Å²) in [7, 11) is 0. The molecule has 2 heterocycles. The third-order valence-corrected chi connectivity index (χ3v) is 3.87. The van der Waals surface area contributed by atoms with Crippen molar-refractivity contribution in [3.63, 3.8) is 0 Å². The molecule has 0 unspecified atom stereocenters. The number of hydrogen-bond acceptors (Lipinski definition) is 4. The van der Waals surface area contributed by atoms with E-state index in [1.54, 1.807) is 9.80 Å². The van der Waals surface area contributed by atoms with Gasteiger partial charge in [0.1, 0.15) is 11.5 Å². The highest BCUT2D eigenvalue weighted by molar-refractivity contribution is 5.93. The number of nitrogens with zero attached hydrogens (tertiary/aromatic N) is 3. The fourth-order valence-corrected chi connectivity index (χ4v) is 2.54. The summed E-state index contributed by atoms with van der Waals surface area (Å²) in [6, 6.07) is 6.99. The molecule has 1 aliphatic heterocycles. The van der Waals surface area contributed by atoms with Crippen molar-refractivity contribution in [2.24, 2.45) is 0 Å². The van der Waals surface area contributed by atoms with Crippen molar-refractivity contribution in [1.29, 1.82) is 0 Å². The van der Waals surface area contributed by atoms with Crippen LogP contribution in [0.5, 0.6) is 0 Å². The lowest BCUT2D eigenvalue weighted by Crippen LogP contribution is -2.48. The first kappa shape index (κ1) is 15.9. The van der Waals surface area contributed by atoms with Crippen molar-refractivity contribution in [1.82, 2.24) is 19.8 Å². The van der Waals surface area contributed by atoms with E-state index in [9.17, 15) is 18.8 Å². The highest BCUT2D eigenvalue weighted by Crippen LogP contribution is 2.17. The molecular weight excluding hydrogens is 315 g/mol. The van der Waals surface area contributed by atoms with Crippen LogP contribution in [0.15, 0.2) is 35.1 Å². The SMILES string of the molecule is O=CN1CCN(C(=O)c2cc(-c3ccc(F)cc3)nc(=O)[nH]2)CC1. The van der Waals surface area contributed by atoms with Gasteiger partial charge >= 0.3 is 5.69 Å². The molecule has 2 aromatic rings. The highest BCUT2D eigenvalue weighted by atomic mass is 19.1. The number of benzene rings is 1. The molecule has 0 bridgehead atoms. The number of halogens is 1. The average molecular weight is 330 g/mol. The molecule has 1 aliphatic rings. The minimum atomic E-state index is -0.647. The maximum Gasteiger partial charge on any atom is 0.346 e. The summed E-state index contributed by atoms with van der Waals surface area (Å²) in [5, 5.41) is 0. The van der Waals surface area contributed by atoms with E-state index in [1.807, 2.05) is 0 Å². The summed E-state index contributed by atoms with van der Waals surface area (Å²) in [6.45, 7) is 1.70. The van der Waals surface area contributed by atoms with Gasteiger partial charge < -0.3 is 14.8 Å². The smallest absolute Gasteiger partial charge is 0.342 e. The zero-order chi connectivity index (χ0) is 17.1. The first-order chi connectivity index (χ1) is 11.6. The Morgan fingerprint density at radius 3 is 2.46 bits per heavy atom. The van der Waals surface area contributed by atoms with Gasteiger partial charge in [0.05, 0.1) is 5.69 Å². The number of rotatable bonds is 3. The van der Waals surface area contributed by atoms with Crippen LogP contribution < -0.4 is 5.69 Å². The average Bonchev–Trinajstić information content (AvgIpc) is 2.61. The maximum absolute atomic E-state index is 13.0. The number of hydrogen-bond donors (Lipinski definition) is 1. The van der Waals surface area contributed by atoms with Crippen LogP contribution in [0, 0.1) is 5.82 Å². The molecule has 0 spiro atoms. The van der Waals surface area contributed by atoms with Crippen LogP contribution in [0.3, 0.4) is 0 Å². The summed E-state index contributed by atoms with van der Waals surface area (Å²) in [4.78, 5) is 44.5. The van der Waals surface area contributed by atoms with E-state index in [2.05, 4.69) is 9.97 Å². The summed E-state index contributed by atoms with van der Waals surface area (Å²) in [5.74, 6) is -0.726. The summed E-state index contributed by atoms with van der Waals surface area (Å²) >= 11 is 0. The number of aromatic amines is 1. The molecule has 8 heteroatoms.